The summed E-state index contributed by atoms with van der Waals surface area (Å²) in [5.74, 6) is -0.0298. The minimum absolute atomic E-state index is 0.104. The quantitative estimate of drug-likeness (QED) is 0.728. The highest BCUT2D eigenvalue weighted by Gasteiger charge is 2.35. The first-order valence-electron chi connectivity index (χ1n) is 12.0. The molecular formula is C26H33N5O3. The van der Waals surface area contributed by atoms with Crippen LogP contribution in [0.4, 0.5) is 10.5 Å². The molecule has 34 heavy (non-hydrogen) atoms. The van der Waals surface area contributed by atoms with Crippen LogP contribution in [-0.2, 0) is 4.74 Å². The van der Waals surface area contributed by atoms with Crippen LogP contribution in [0.15, 0.2) is 48.5 Å². The molecule has 0 radical (unpaired) electrons. The molecule has 2 fully saturated rings. The topological polar surface area (TPSA) is 83.3 Å². The van der Waals surface area contributed by atoms with Crippen LogP contribution in [0.25, 0.3) is 17.2 Å². The number of carbonyl (C=O) groups is 1. The number of nitrogens with two attached hydrogens (primary N) is 1. The van der Waals surface area contributed by atoms with E-state index in [0.29, 0.717) is 39.4 Å². The minimum Gasteiger partial charge on any atom is -0.496 e. The predicted octanol–water partition coefficient (Wildman–Crippen LogP) is 2.87. The molecule has 3 aliphatic heterocycles. The number of carbonyl (C=O) groups excluding carboxylic acids is 1. The number of amides is 2. The number of nitrogens with one attached hydrogen (secondary N) is 1. The number of morpholine rings is 1. The van der Waals surface area contributed by atoms with Crippen LogP contribution in [0, 0.1) is 0 Å². The van der Waals surface area contributed by atoms with E-state index < -0.39 is 5.79 Å². The Bertz CT molecular complexity index is 1050. The van der Waals surface area contributed by atoms with Gasteiger partial charge in [-0.2, -0.15) is 0 Å². The number of anilines is 1. The standard InChI is InChI=1S/C26H33N5O3/c1-33-24-19-23-21(18-22(24)20-6-3-2-4-7-20)8-9-26(27,28-23)31-11-5-10-29(12-13-31)25(32)30-14-16-34-17-15-30/h2-4,6-9,18-19,28H,5,10-17,27H2,1H3. The van der Waals surface area contributed by atoms with Gasteiger partial charge in [-0.15, -0.1) is 0 Å². The average Bonchev–Trinajstić information content (AvgIpc) is 3.15. The van der Waals surface area contributed by atoms with E-state index in [1.165, 1.54) is 0 Å². The van der Waals surface area contributed by atoms with Gasteiger partial charge in [0.2, 0.25) is 0 Å². The highest BCUT2D eigenvalue weighted by molar-refractivity contribution is 5.82. The second kappa shape index (κ2) is 9.66. The third kappa shape index (κ3) is 4.49. The smallest absolute Gasteiger partial charge is 0.320 e. The van der Waals surface area contributed by atoms with Crippen molar-refractivity contribution in [2.45, 2.75) is 12.2 Å². The number of urea groups is 1. The summed E-state index contributed by atoms with van der Waals surface area (Å²) >= 11 is 0. The van der Waals surface area contributed by atoms with Gasteiger partial charge >= 0.3 is 6.03 Å². The van der Waals surface area contributed by atoms with E-state index in [4.69, 9.17) is 15.2 Å². The monoisotopic (exact) mass is 463 g/mol. The van der Waals surface area contributed by atoms with Gasteiger partial charge in [0, 0.05) is 56.6 Å². The maximum atomic E-state index is 13.0. The molecule has 8 nitrogen and oxygen atoms in total. The zero-order chi connectivity index (χ0) is 23.5. The molecular weight excluding hydrogens is 430 g/mol. The molecule has 0 saturated carbocycles. The molecule has 2 saturated heterocycles. The molecule has 3 N–H and O–H groups in total. The first kappa shape index (κ1) is 22.7. The Balaban J connectivity index is 1.32. The van der Waals surface area contributed by atoms with Gasteiger partial charge in [-0.25, -0.2) is 4.79 Å². The highest BCUT2D eigenvalue weighted by Crippen LogP contribution is 2.38. The molecule has 5 rings (SSSR count). The van der Waals surface area contributed by atoms with Crippen LogP contribution >= 0.6 is 0 Å². The molecule has 0 spiro atoms. The van der Waals surface area contributed by atoms with Crippen molar-refractivity contribution in [3.05, 3.63) is 54.1 Å². The number of methoxy groups -OCH3 is 1. The highest BCUT2D eigenvalue weighted by atomic mass is 16.5. The Kier molecular flexibility index (Phi) is 6.45. The number of hydrogen-bond acceptors (Lipinski definition) is 6. The summed E-state index contributed by atoms with van der Waals surface area (Å²) < 4.78 is 11.1. The van der Waals surface area contributed by atoms with Gasteiger partial charge in [0.05, 0.1) is 20.3 Å². The molecule has 1 atom stereocenters. The summed E-state index contributed by atoms with van der Waals surface area (Å²) in [5, 5.41) is 3.54. The molecule has 3 heterocycles. The van der Waals surface area contributed by atoms with Crippen molar-refractivity contribution in [2.75, 3.05) is 64.9 Å². The van der Waals surface area contributed by atoms with Gasteiger partial charge in [0.25, 0.3) is 0 Å². The second-order valence-corrected chi connectivity index (χ2v) is 9.00. The zero-order valence-electron chi connectivity index (χ0n) is 19.7. The Hall–Kier alpha value is -3.07. The average molecular weight is 464 g/mol. The van der Waals surface area contributed by atoms with Crippen LogP contribution in [0.2, 0.25) is 0 Å². The summed E-state index contributed by atoms with van der Waals surface area (Å²) in [6.45, 7) is 5.42. The molecule has 2 aromatic carbocycles. The maximum absolute atomic E-state index is 13.0. The lowest BCUT2D eigenvalue weighted by atomic mass is 9.97. The number of rotatable bonds is 3. The van der Waals surface area contributed by atoms with Gasteiger partial charge in [-0.3, -0.25) is 10.6 Å². The van der Waals surface area contributed by atoms with Gasteiger partial charge in [-0.05, 0) is 29.7 Å². The van der Waals surface area contributed by atoms with Crippen molar-refractivity contribution in [3.63, 3.8) is 0 Å². The third-order valence-electron chi connectivity index (χ3n) is 6.88. The Labute approximate surface area is 200 Å². The van der Waals surface area contributed by atoms with Gasteiger partial charge in [-0.1, -0.05) is 36.4 Å². The maximum Gasteiger partial charge on any atom is 0.320 e. The molecule has 180 valence electrons. The van der Waals surface area contributed by atoms with E-state index in [1.54, 1.807) is 7.11 Å². The predicted molar refractivity (Wildman–Crippen MR) is 134 cm³/mol. The second-order valence-electron chi connectivity index (χ2n) is 9.00. The van der Waals surface area contributed by atoms with Crippen molar-refractivity contribution < 1.29 is 14.3 Å². The molecule has 0 aromatic heterocycles. The minimum atomic E-state index is -0.829. The lowest BCUT2D eigenvalue weighted by Crippen LogP contribution is -2.62. The molecule has 0 bridgehead atoms. The van der Waals surface area contributed by atoms with Crippen molar-refractivity contribution in [1.29, 1.82) is 0 Å². The van der Waals surface area contributed by atoms with E-state index in [2.05, 4.69) is 34.5 Å². The van der Waals surface area contributed by atoms with Crippen LogP contribution in [-0.4, -0.2) is 86.1 Å². The van der Waals surface area contributed by atoms with E-state index in [1.807, 2.05) is 40.1 Å². The van der Waals surface area contributed by atoms with Crippen molar-refractivity contribution in [2.24, 2.45) is 5.73 Å². The fourth-order valence-electron chi connectivity index (χ4n) is 4.95. The Morgan fingerprint density at radius 3 is 2.56 bits per heavy atom. The first-order valence-corrected chi connectivity index (χ1v) is 12.0. The van der Waals surface area contributed by atoms with Crippen molar-refractivity contribution in [3.8, 4) is 16.9 Å². The summed E-state index contributed by atoms with van der Waals surface area (Å²) in [7, 11) is 1.69. The van der Waals surface area contributed by atoms with Crippen LogP contribution in [0.1, 0.15) is 12.0 Å². The SMILES string of the molecule is COc1cc2c(cc1-c1ccccc1)C=CC(N)(N1CCCN(C(=O)N3CCOCC3)CC1)N2. The molecule has 2 amide bonds. The number of hydrogen-bond donors (Lipinski definition) is 2. The molecule has 0 aliphatic carbocycles. The summed E-state index contributed by atoms with van der Waals surface area (Å²) in [6.07, 6.45) is 4.98. The number of nitrogens with zero attached hydrogens (tertiary/aromatic N) is 3. The van der Waals surface area contributed by atoms with Crippen molar-refractivity contribution >= 4 is 17.8 Å². The van der Waals surface area contributed by atoms with E-state index in [9.17, 15) is 4.79 Å². The fourth-order valence-corrected chi connectivity index (χ4v) is 4.95. The fraction of sp³-hybridized carbons (Fsp3) is 0.423. The zero-order valence-corrected chi connectivity index (χ0v) is 19.7. The first-order chi connectivity index (χ1) is 16.6. The third-order valence-corrected chi connectivity index (χ3v) is 6.88. The van der Waals surface area contributed by atoms with Crippen LogP contribution in [0.5, 0.6) is 5.75 Å². The van der Waals surface area contributed by atoms with E-state index in [-0.39, 0.29) is 6.03 Å². The lowest BCUT2D eigenvalue weighted by Gasteiger charge is -2.42. The molecule has 8 heteroatoms. The van der Waals surface area contributed by atoms with Crippen LogP contribution < -0.4 is 15.8 Å². The van der Waals surface area contributed by atoms with Gasteiger partial charge in [0.15, 0.2) is 5.79 Å². The molecule has 2 aromatic rings. The normalized spacial score (nSPS) is 23.1. The molecule has 1 unspecified atom stereocenters. The van der Waals surface area contributed by atoms with Gasteiger partial charge in [0.1, 0.15) is 5.75 Å². The number of ether oxygens (including phenoxy) is 2. The summed E-state index contributed by atoms with van der Waals surface area (Å²) in [5.41, 5.74) is 11.0. The summed E-state index contributed by atoms with van der Waals surface area (Å²) in [4.78, 5) is 19.0. The van der Waals surface area contributed by atoms with E-state index >= 15 is 0 Å². The largest absolute Gasteiger partial charge is 0.496 e. The summed E-state index contributed by atoms with van der Waals surface area (Å²) in [6, 6.07) is 14.5. The molecule has 3 aliphatic rings. The number of fused-ring (bicyclic) bond motifs is 1. The van der Waals surface area contributed by atoms with Crippen LogP contribution in [0.3, 0.4) is 0 Å². The lowest BCUT2D eigenvalue weighted by molar-refractivity contribution is 0.0433. The Morgan fingerprint density at radius 1 is 1.03 bits per heavy atom. The van der Waals surface area contributed by atoms with E-state index in [0.717, 1.165) is 47.6 Å². The Morgan fingerprint density at radius 2 is 1.79 bits per heavy atom. The van der Waals surface area contributed by atoms with Gasteiger partial charge < -0.3 is 24.6 Å². The van der Waals surface area contributed by atoms with Crippen molar-refractivity contribution in [1.82, 2.24) is 14.7 Å². The number of benzene rings is 2.